The highest BCUT2D eigenvalue weighted by Gasteiger charge is 2.48. The molecule has 1 fully saturated rings. The van der Waals surface area contributed by atoms with Crippen LogP contribution in [0.25, 0.3) is 0 Å². The summed E-state index contributed by atoms with van der Waals surface area (Å²) >= 11 is 3.21. The Bertz CT molecular complexity index is 466. The Hall–Kier alpha value is -0.900. The third kappa shape index (κ3) is 1.69. The van der Waals surface area contributed by atoms with Gasteiger partial charge in [0.2, 0.25) is 0 Å². The number of hydrogen-bond donors (Lipinski definition) is 1. The van der Waals surface area contributed by atoms with Gasteiger partial charge in [0, 0.05) is 0 Å². The summed E-state index contributed by atoms with van der Waals surface area (Å²) in [6.07, 6.45) is 2.06. The average molecular weight is 301 g/mol. The maximum Gasteiger partial charge on any atom is 0.314 e. The molecule has 92 valence electrons. The topological polar surface area (TPSA) is 37.3 Å². The van der Waals surface area contributed by atoms with E-state index in [9.17, 15) is 14.3 Å². The number of hydrogen-bond acceptors (Lipinski definition) is 1. The first-order valence-corrected chi connectivity index (χ1v) is 6.38. The summed E-state index contributed by atoms with van der Waals surface area (Å²) in [6, 6.07) is 1.44. The van der Waals surface area contributed by atoms with Gasteiger partial charge in [0.15, 0.2) is 0 Å². The Morgan fingerprint density at radius 3 is 2.47 bits per heavy atom. The summed E-state index contributed by atoms with van der Waals surface area (Å²) in [5.41, 5.74) is 1.40. The molecule has 0 aromatic heterocycles. The highest BCUT2D eigenvalue weighted by molar-refractivity contribution is 9.10. The predicted octanol–water partition coefficient (Wildman–Crippen LogP) is 3.71. The van der Waals surface area contributed by atoms with Crippen LogP contribution in [0.4, 0.5) is 4.39 Å². The van der Waals surface area contributed by atoms with Crippen molar-refractivity contribution < 1.29 is 14.3 Å². The molecular formula is C13H14BrFO2. The molecule has 2 nitrogen and oxygen atoms in total. The third-order valence-corrected chi connectivity index (χ3v) is 4.61. The Kier molecular flexibility index (Phi) is 3.02. The minimum Gasteiger partial charge on any atom is -0.481 e. The normalized spacial score (nSPS) is 17.6. The maximum absolute atomic E-state index is 13.7. The lowest BCUT2D eigenvalue weighted by Crippen LogP contribution is -2.43. The van der Waals surface area contributed by atoms with Crippen molar-refractivity contribution in [3.05, 3.63) is 33.0 Å². The molecule has 1 aliphatic rings. The fourth-order valence-corrected chi connectivity index (χ4v) is 3.30. The zero-order valence-corrected chi connectivity index (χ0v) is 11.4. The highest BCUT2D eigenvalue weighted by atomic mass is 79.9. The lowest BCUT2D eigenvalue weighted by atomic mass is 9.63. The molecule has 0 unspecified atom stereocenters. The molecule has 0 heterocycles. The van der Waals surface area contributed by atoms with E-state index < -0.39 is 11.4 Å². The molecule has 0 radical (unpaired) electrons. The Balaban J connectivity index is 2.70. The van der Waals surface area contributed by atoms with Gasteiger partial charge < -0.3 is 5.11 Å². The van der Waals surface area contributed by atoms with Gasteiger partial charge in [-0.15, -0.1) is 0 Å². The predicted molar refractivity (Wildman–Crippen MR) is 66.7 cm³/mol. The van der Waals surface area contributed by atoms with Crippen LogP contribution in [0.2, 0.25) is 0 Å². The van der Waals surface area contributed by atoms with Crippen molar-refractivity contribution in [1.29, 1.82) is 0 Å². The van der Waals surface area contributed by atoms with Crippen molar-refractivity contribution in [2.75, 3.05) is 0 Å². The Morgan fingerprint density at radius 1 is 1.47 bits per heavy atom. The van der Waals surface area contributed by atoms with E-state index in [-0.39, 0.29) is 5.82 Å². The van der Waals surface area contributed by atoms with Gasteiger partial charge in [0.1, 0.15) is 5.82 Å². The molecule has 1 aliphatic carbocycles. The zero-order chi connectivity index (χ0) is 12.8. The molecule has 1 saturated carbocycles. The second-order valence-corrected chi connectivity index (χ2v) is 5.52. The summed E-state index contributed by atoms with van der Waals surface area (Å²) < 4.78 is 14.0. The van der Waals surface area contributed by atoms with E-state index in [1.54, 1.807) is 0 Å². The van der Waals surface area contributed by atoms with Crippen molar-refractivity contribution in [2.45, 2.75) is 38.5 Å². The van der Waals surface area contributed by atoms with Crippen LogP contribution in [0.3, 0.4) is 0 Å². The monoisotopic (exact) mass is 300 g/mol. The molecule has 0 bridgehead atoms. The molecule has 0 atom stereocenters. The molecule has 0 aliphatic heterocycles. The first kappa shape index (κ1) is 12.6. The first-order valence-electron chi connectivity index (χ1n) is 5.59. The van der Waals surface area contributed by atoms with Crippen LogP contribution in [-0.2, 0) is 10.2 Å². The molecule has 4 heteroatoms. The summed E-state index contributed by atoms with van der Waals surface area (Å²) in [5, 5.41) is 9.42. The molecule has 2 rings (SSSR count). The number of aryl methyl sites for hydroxylation is 1. The van der Waals surface area contributed by atoms with Crippen LogP contribution in [0.1, 0.15) is 36.0 Å². The number of halogens is 2. The molecular weight excluding hydrogens is 287 g/mol. The number of carbonyl (C=O) groups is 1. The van der Waals surface area contributed by atoms with Gasteiger partial charge in [-0.1, -0.05) is 6.42 Å². The fourth-order valence-electron chi connectivity index (χ4n) is 2.51. The largest absolute Gasteiger partial charge is 0.481 e. The molecule has 17 heavy (non-hydrogen) atoms. The average Bonchev–Trinajstić information content (AvgIpc) is 2.18. The lowest BCUT2D eigenvalue weighted by molar-refractivity contribution is -0.147. The standard InChI is InChI=1S/C13H14BrFO2/c1-7-6-9(15)11(14)10(8(7)2)13(12(16)17)4-3-5-13/h6H,3-5H2,1-2H3,(H,16,17). The molecule has 1 aromatic carbocycles. The van der Waals surface area contributed by atoms with Crippen molar-refractivity contribution in [2.24, 2.45) is 0 Å². The molecule has 0 spiro atoms. The molecule has 0 saturated heterocycles. The van der Waals surface area contributed by atoms with Gasteiger partial charge in [0.25, 0.3) is 0 Å². The van der Waals surface area contributed by atoms with Gasteiger partial charge in [0.05, 0.1) is 9.89 Å². The number of carboxylic acids is 1. The van der Waals surface area contributed by atoms with E-state index >= 15 is 0 Å². The van der Waals surface area contributed by atoms with Gasteiger partial charge >= 0.3 is 5.97 Å². The molecule has 0 amide bonds. The number of rotatable bonds is 2. The van der Waals surface area contributed by atoms with Crippen LogP contribution >= 0.6 is 15.9 Å². The molecule has 1 aromatic rings. The van der Waals surface area contributed by atoms with Crippen LogP contribution in [0, 0.1) is 19.7 Å². The van der Waals surface area contributed by atoms with Crippen LogP contribution in [-0.4, -0.2) is 11.1 Å². The minimum absolute atomic E-state index is 0.308. The van der Waals surface area contributed by atoms with Gasteiger partial charge in [-0.05, 0) is 65.4 Å². The fraction of sp³-hybridized carbons (Fsp3) is 0.462. The number of aliphatic carboxylic acids is 1. The van der Waals surface area contributed by atoms with Gasteiger partial charge in [-0.3, -0.25) is 4.79 Å². The van der Waals surface area contributed by atoms with Crippen molar-refractivity contribution in [3.63, 3.8) is 0 Å². The summed E-state index contributed by atoms with van der Waals surface area (Å²) in [7, 11) is 0. The smallest absolute Gasteiger partial charge is 0.314 e. The quantitative estimate of drug-likeness (QED) is 0.904. The SMILES string of the molecule is Cc1cc(F)c(Br)c(C2(C(=O)O)CCC2)c1C. The van der Waals surface area contributed by atoms with Crippen LogP contribution in [0.5, 0.6) is 0 Å². The van der Waals surface area contributed by atoms with Crippen molar-refractivity contribution in [1.82, 2.24) is 0 Å². The van der Waals surface area contributed by atoms with E-state index in [1.165, 1.54) is 6.07 Å². The zero-order valence-electron chi connectivity index (χ0n) is 9.81. The number of carboxylic acid groups (broad SMARTS) is 1. The van der Waals surface area contributed by atoms with Gasteiger partial charge in [-0.2, -0.15) is 0 Å². The van der Waals surface area contributed by atoms with Crippen LogP contribution in [0.15, 0.2) is 10.5 Å². The van der Waals surface area contributed by atoms with E-state index in [2.05, 4.69) is 15.9 Å². The van der Waals surface area contributed by atoms with Crippen LogP contribution < -0.4 is 0 Å². The van der Waals surface area contributed by atoms with Crippen molar-refractivity contribution in [3.8, 4) is 0 Å². The second kappa shape index (κ2) is 4.09. The Labute approximate surface area is 108 Å². The maximum atomic E-state index is 13.7. The Morgan fingerprint density at radius 2 is 2.06 bits per heavy atom. The minimum atomic E-state index is -0.893. The number of benzene rings is 1. The summed E-state index contributed by atoms with van der Waals surface area (Å²) in [4.78, 5) is 11.5. The highest BCUT2D eigenvalue weighted by Crippen LogP contribution is 2.48. The third-order valence-electron chi connectivity index (χ3n) is 3.83. The first-order chi connectivity index (χ1) is 7.90. The van der Waals surface area contributed by atoms with E-state index in [0.717, 1.165) is 17.5 Å². The van der Waals surface area contributed by atoms with E-state index in [4.69, 9.17) is 0 Å². The van der Waals surface area contributed by atoms with Crippen molar-refractivity contribution >= 4 is 21.9 Å². The van der Waals surface area contributed by atoms with E-state index in [0.29, 0.717) is 22.9 Å². The molecule has 1 N–H and O–H groups in total. The second-order valence-electron chi connectivity index (χ2n) is 4.73. The lowest BCUT2D eigenvalue weighted by Gasteiger charge is -2.40. The van der Waals surface area contributed by atoms with Gasteiger partial charge in [-0.25, -0.2) is 4.39 Å². The summed E-state index contributed by atoms with van der Waals surface area (Å²) in [6.45, 7) is 3.67. The van der Waals surface area contributed by atoms with E-state index in [1.807, 2.05) is 13.8 Å². The summed E-state index contributed by atoms with van der Waals surface area (Å²) in [5.74, 6) is -1.23.